The zero-order chi connectivity index (χ0) is 26.6. The first-order chi connectivity index (χ1) is 19.1. The maximum atomic E-state index is 13.8. The molecule has 5 heterocycles. The Morgan fingerprint density at radius 2 is 1.82 bits per heavy atom. The standard InChI is InChI=1S/C30H37FN8/c31-23-5-1-4-22(20-23)27-7-3-15-39(27)28(32)9-10-29-34-21-26(35-29)25-6-2-8-30(36-25)38-18-16-37(17-19-38)24-11-13-33-14-12-24/h1-2,4-6,8-10,20-21,24,27,32-33H,3,7,11-19H2,(H,34,35)/b10-9-,32-28?. The monoisotopic (exact) mass is 528 g/mol. The highest BCUT2D eigenvalue weighted by Gasteiger charge is 2.28. The summed E-state index contributed by atoms with van der Waals surface area (Å²) >= 11 is 0. The van der Waals surface area contributed by atoms with Gasteiger partial charge in [-0.05, 0) is 80.8 Å². The van der Waals surface area contributed by atoms with E-state index in [2.05, 4.69) is 37.2 Å². The molecule has 0 radical (unpaired) electrons. The molecule has 0 amide bonds. The van der Waals surface area contributed by atoms with Gasteiger partial charge in [0.25, 0.3) is 0 Å². The molecule has 9 heteroatoms. The fourth-order valence-electron chi connectivity index (χ4n) is 6.16. The second kappa shape index (κ2) is 11.7. The molecule has 3 aliphatic heterocycles. The Morgan fingerprint density at radius 3 is 2.64 bits per heavy atom. The highest BCUT2D eigenvalue weighted by atomic mass is 19.1. The summed E-state index contributed by atoms with van der Waals surface area (Å²) in [6.07, 6.45) is 9.79. The van der Waals surface area contributed by atoms with E-state index in [0.717, 1.165) is 81.4 Å². The lowest BCUT2D eigenvalue weighted by Crippen LogP contribution is -2.53. The van der Waals surface area contributed by atoms with Crippen molar-refractivity contribution in [3.63, 3.8) is 0 Å². The molecule has 8 nitrogen and oxygen atoms in total. The van der Waals surface area contributed by atoms with Crippen LogP contribution in [0.15, 0.2) is 54.7 Å². The number of likely N-dealkylation sites (tertiary alicyclic amines) is 1. The number of piperidine rings is 1. The van der Waals surface area contributed by atoms with E-state index in [1.807, 2.05) is 23.1 Å². The van der Waals surface area contributed by atoms with Crippen molar-refractivity contribution in [1.29, 1.82) is 5.41 Å². The van der Waals surface area contributed by atoms with Gasteiger partial charge in [-0.3, -0.25) is 10.3 Å². The number of anilines is 1. The molecule has 2 aromatic heterocycles. The van der Waals surface area contributed by atoms with Crippen LogP contribution >= 0.6 is 0 Å². The SMILES string of the molecule is N=C(/C=C\c1ncc(-c2cccc(N3CCN(C4CCNCC4)CC3)n2)[nH]1)N1CCCC1c1cccc(F)c1. The number of halogens is 1. The van der Waals surface area contributed by atoms with Crippen molar-refractivity contribution in [2.45, 2.75) is 37.8 Å². The number of hydrogen-bond acceptors (Lipinski definition) is 6. The van der Waals surface area contributed by atoms with Gasteiger partial charge >= 0.3 is 0 Å². The average molecular weight is 529 g/mol. The van der Waals surface area contributed by atoms with Crippen LogP contribution in [0.25, 0.3) is 17.5 Å². The molecule has 204 valence electrons. The Balaban J connectivity index is 1.08. The molecule has 39 heavy (non-hydrogen) atoms. The first-order valence-corrected chi connectivity index (χ1v) is 14.1. The number of aromatic amines is 1. The second-order valence-electron chi connectivity index (χ2n) is 10.7. The van der Waals surface area contributed by atoms with Crippen LogP contribution in [-0.2, 0) is 0 Å². The fourth-order valence-corrected chi connectivity index (χ4v) is 6.16. The van der Waals surface area contributed by atoms with Gasteiger partial charge in [0.1, 0.15) is 23.3 Å². The van der Waals surface area contributed by atoms with Crippen molar-refractivity contribution in [3.05, 3.63) is 71.9 Å². The van der Waals surface area contributed by atoms with Crippen LogP contribution < -0.4 is 10.2 Å². The van der Waals surface area contributed by atoms with Crippen molar-refractivity contribution in [3.8, 4) is 11.4 Å². The van der Waals surface area contributed by atoms with Crippen LogP contribution in [0.3, 0.4) is 0 Å². The van der Waals surface area contributed by atoms with E-state index in [4.69, 9.17) is 10.4 Å². The van der Waals surface area contributed by atoms with Gasteiger partial charge in [-0.15, -0.1) is 0 Å². The molecule has 0 spiro atoms. The summed E-state index contributed by atoms with van der Waals surface area (Å²) in [5.41, 5.74) is 2.64. The van der Waals surface area contributed by atoms with E-state index in [-0.39, 0.29) is 11.9 Å². The van der Waals surface area contributed by atoms with Crippen LogP contribution in [0.1, 0.15) is 43.1 Å². The number of piperazine rings is 1. The Morgan fingerprint density at radius 1 is 1.00 bits per heavy atom. The molecule has 0 saturated carbocycles. The third-order valence-electron chi connectivity index (χ3n) is 8.26. The number of aromatic nitrogens is 3. The van der Waals surface area contributed by atoms with Crippen LogP contribution in [0, 0.1) is 11.2 Å². The lowest BCUT2D eigenvalue weighted by Gasteiger charge is -2.41. The third kappa shape index (κ3) is 5.89. The van der Waals surface area contributed by atoms with E-state index in [9.17, 15) is 4.39 Å². The molecule has 3 saturated heterocycles. The van der Waals surface area contributed by atoms with Crippen molar-refractivity contribution in [1.82, 2.24) is 30.1 Å². The molecular formula is C30H37FN8. The molecule has 3 fully saturated rings. The Hall–Kier alpha value is -3.56. The van der Waals surface area contributed by atoms with Crippen molar-refractivity contribution < 1.29 is 4.39 Å². The first kappa shape index (κ1) is 25.7. The summed E-state index contributed by atoms with van der Waals surface area (Å²) in [6, 6.07) is 13.6. The normalized spacial score (nSPS) is 21.2. The number of nitrogens with zero attached hydrogens (tertiary/aromatic N) is 5. The zero-order valence-corrected chi connectivity index (χ0v) is 22.3. The van der Waals surface area contributed by atoms with Gasteiger partial charge in [-0.2, -0.15) is 0 Å². The summed E-state index contributed by atoms with van der Waals surface area (Å²) in [4.78, 5) is 19.9. The molecule has 1 unspecified atom stereocenters. The Labute approximate surface area is 229 Å². The minimum Gasteiger partial charge on any atom is -0.354 e. The fraction of sp³-hybridized carbons (Fsp3) is 0.433. The minimum absolute atomic E-state index is 0.0264. The molecule has 6 rings (SSSR count). The van der Waals surface area contributed by atoms with E-state index >= 15 is 0 Å². The van der Waals surface area contributed by atoms with Gasteiger partial charge in [0.05, 0.1) is 23.6 Å². The van der Waals surface area contributed by atoms with E-state index in [0.29, 0.717) is 17.7 Å². The number of nitrogens with one attached hydrogen (secondary N) is 3. The molecule has 1 aromatic carbocycles. The Kier molecular flexibility index (Phi) is 7.69. The third-order valence-corrected chi connectivity index (χ3v) is 8.26. The molecule has 3 aliphatic rings. The summed E-state index contributed by atoms with van der Waals surface area (Å²) in [7, 11) is 0. The lowest BCUT2D eigenvalue weighted by atomic mass is 10.0. The summed E-state index contributed by atoms with van der Waals surface area (Å²) in [6.45, 7) is 7.20. The van der Waals surface area contributed by atoms with Crippen molar-refractivity contribution in [2.24, 2.45) is 0 Å². The van der Waals surface area contributed by atoms with Gasteiger partial charge in [0.2, 0.25) is 0 Å². The summed E-state index contributed by atoms with van der Waals surface area (Å²) in [5.74, 6) is 1.85. The quantitative estimate of drug-likeness (QED) is 0.327. The number of rotatable bonds is 6. The number of hydrogen-bond donors (Lipinski definition) is 3. The van der Waals surface area contributed by atoms with Crippen molar-refractivity contribution in [2.75, 3.05) is 50.7 Å². The maximum Gasteiger partial charge on any atom is 0.130 e. The highest BCUT2D eigenvalue weighted by Crippen LogP contribution is 2.32. The number of amidine groups is 1. The van der Waals surface area contributed by atoms with Gasteiger partial charge in [-0.25, -0.2) is 14.4 Å². The van der Waals surface area contributed by atoms with Gasteiger partial charge in [0, 0.05) is 38.8 Å². The summed E-state index contributed by atoms with van der Waals surface area (Å²) in [5, 5.41) is 12.1. The highest BCUT2D eigenvalue weighted by molar-refractivity contribution is 5.94. The van der Waals surface area contributed by atoms with E-state index in [1.165, 1.54) is 18.9 Å². The van der Waals surface area contributed by atoms with Crippen LogP contribution in [0.4, 0.5) is 10.2 Å². The average Bonchev–Trinajstić information content (AvgIpc) is 3.67. The predicted molar refractivity (Wildman–Crippen MR) is 153 cm³/mol. The van der Waals surface area contributed by atoms with Crippen LogP contribution in [-0.4, -0.2) is 82.4 Å². The minimum atomic E-state index is -0.235. The zero-order valence-electron chi connectivity index (χ0n) is 22.3. The summed E-state index contributed by atoms with van der Waals surface area (Å²) < 4.78 is 13.8. The van der Waals surface area contributed by atoms with Gasteiger partial charge in [0.15, 0.2) is 0 Å². The topological polar surface area (TPSA) is 87.2 Å². The number of imidazole rings is 1. The lowest BCUT2D eigenvalue weighted by molar-refractivity contribution is 0.153. The molecule has 0 aliphatic carbocycles. The molecule has 0 bridgehead atoms. The number of H-pyrrole nitrogens is 1. The molecule has 1 atom stereocenters. The van der Waals surface area contributed by atoms with E-state index < -0.39 is 0 Å². The van der Waals surface area contributed by atoms with Gasteiger partial charge < -0.3 is 20.1 Å². The van der Waals surface area contributed by atoms with E-state index in [1.54, 1.807) is 24.4 Å². The van der Waals surface area contributed by atoms with Gasteiger partial charge in [-0.1, -0.05) is 18.2 Å². The molecule has 3 aromatic rings. The molecular weight excluding hydrogens is 491 g/mol. The predicted octanol–water partition coefficient (Wildman–Crippen LogP) is 4.31. The Bertz CT molecular complexity index is 1310. The van der Waals surface area contributed by atoms with Crippen LogP contribution in [0.5, 0.6) is 0 Å². The number of benzene rings is 1. The first-order valence-electron chi connectivity index (χ1n) is 14.1. The van der Waals surface area contributed by atoms with Crippen molar-refractivity contribution >= 4 is 17.7 Å². The second-order valence-corrected chi connectivity index (χ2v) is 10.7. The largest absolute Gasteiger partial charge is 0.354 e. The number of pyridine rings is 1. The maximum absolute atomic E-state index is 13.8. The smallest absolute Gasteiger partial charge is 0.130 e. The van der Waals surface area contributed by atoms with Crippen LogP contribution in [0.2, 0.25) is 0 Å². The molecule has 3 N–H and O–H groups in total.